The number of rotatable bonds is 7. The summed E-state index contributed by atoms with van der Waals surface area (Å²) >= 11 is 0. The number of carbonyl (C=O) groups is 1. The molecule has 0 radical (unpaired) electrons. The predicted octanol–water partition coefficient (Wildman–Crippen LogP) is 2.13. The molecule has 1 aliphatic rings. The molecule has 0 spiro atoms. The van der Waals surface area contributed by atoms with E-state index in [2.05, 4.69) is 27.3 Å². The van der Waals surface area contributed by atoms with Gasteiger partial charge in [-0.1, -0.05) is 6.07 Å². The number of pyridine rings is 1. The van der Waals surface area contributed by atoms with E-state index in [1.807, 2.05) is 20.0 Å². The topological polar surface area (TPSA) is 91.9 Å². The molecule has 0 aromatic carbocycles. The largest absolute Gasteiger partial charge is 0.476 e. The molecule has 0 bridgehead atoms. The maximum absolute atomic E-state index is 12.6. The highest BCUT2D eigenvalue weighted by Gasteiger charge is 2.40. The Kier molecular flexibility index (Phi) is 5.24. The highest BCUT2D eigenvalue weighted by Crippen LogP contribution is 2.46. The fourth-order valence-corrected chi connectivity index (χ4v) is 3.66. The molecule has 0 aliphatic heterocycles. The second-order valence-corrected chi connectivity index (χ2v) is 8.00. The minimum atomic E-state index is -0.303. The molecule has 1 aliphatic carbocycles. The fraction of sp³-hybridized carbons (Fsp3) is 0.409. The third-order valence-electron chi connectivity index (χ3n) is 5.44. The van der Waals surface area contributed by atoms with Crippen LogP contribution < -0.4 is 10.3 Å². The van der Waals surface area contributed by atoms with Crippen molar-refractivity contribution < 1.29 is 9.53 Å². The SMILES string of the molecule is Cc1ccc([C@H]2C[C@@H]2COc2cc(CC(=O)c3cc(C)nn3C)c(=O)n(C)n2)nc1. The molecule has 3 aromatic heterocycles. The van der Waals surface area contributed by atoms with Gasteiger partial charge >= 0.3 is 0 Å². The van der Waals surface area contributed by atoms with Gasteiger partial charge in [0.1, 0.15) is 5.69 Å². The number of Topliss-reactive ketones (excluding diaryl/α,β-unsaturated/α-hetero) is 1. The van der Waals surface area contributed by atoms with E-state index < -0.39 is 0 Å². The first-order valence-electron chi connectivity index (χ1n) is 9.98. The summed E-state index contributed by atoms with van der Waals surface area (Å²) in [4.78, 5) is 29.6. The summed E-state index contributed by atoms with van der Waals surface area (Å²) in [6, 6.07) is 7.43. The van der Waals surface area contributed by atoms with Gasteiger partial charge in [0.15, 0.2) is 5.78 Å². The number of ketones is 1. The monoisotopic (exact) mass is 407 g/mol. The van der Waals surface area contributed by atoms with Crippen molar-refractivity contribution in [3.63, 3.8) is 0 Å². The molecule has 8 heteroatoms. The molecule has 8 nitrogen and oxygen atoms in total. The Morgan fingerprint density at radius 3 is 2.63 bits per heavy atom. The number of hydrogen-bond acceptors (Lipinski definition) is 6. The molecular formula is C22H25N5O3. The maximum Gasteiger partial charge on any atom is 0.270 e. The van der Waals surface area contributed by atoms with Crippen molar-refractivity contribution in [1.82, 2.24) is 24.5 Å². The molecule has 0 saturated heterocycles. The van der Waals surface area contributed by atoms with E-state index >= 15 is 0 Å². The number of nitrogens with zero attached hydrogens (tertiary/aromatic N) is 5. The van der Waals surface area contributed by atoms with E-state index in [0.717, 1.165) is 23.4 Å². The zero-order valence-electron chi connectivity index (χ0n) is 17.6. The van der Waals surface area contributed by atoms with Crippen LogP contribution in [0.1, 0.15) is 45.3 Å². The Hall–Kier alpha value is -3.29. The highest BCUT2D eigenvalue weighted by molar-refractivity contribution is 5.96. The van der Waals surface area contributed by atoms with E-state index in [4.69, 9.17) is 4.74 Å². The Balaban J connectivity index is 1.43. The van der Waals surface area contributed by atoms with E-state index in [9.17, 15) is 9.59 Å². The third kappa shape index (κ3) is 4.17. The molecule has 2 atom stereocenters. The fourth-order valence-electron chi connectivity index (χ4n) is 3.66. The second-order valence-electron chi connectivity index (χ2n) is 8.00. The lowest BCUT2D eigenvalue weighted by Crippen LogP contribution is -2.26. The van der Waals surface area contributed by atoms with Gasteiger partial charge in [-0.25, -0.2) is 4.68 Å². The van der Waals surface area contributed by atoms with E-state index in [1.165, 1.54) is 9.36 Å². The van der Waals surface area contributed by atoms with E-state index in [1.54, 1.807) is 26.2 Å². The molecule has 1 saturated carbocycles. The first-order chi connectivity index (χ1) is 14.3. The minimum absolute atomic E-state index is 0.0239. The van der Waals surface area contributed by atoms with Crippen LogP contribution in [0.2, 0.25) is 0 Å². The van der Waals surface area contributed by atoms with Crippen LogP contribution in [0.15, 0.2) is 35.3 Å². The summed E-state index contributed by atoms with van der Waals surface area (Å²) in [6.45, 7) is 4.35. The van der Waals surface area contributed by atoms with Crippen LogP contribution in [0.25, 0.3) is 0 Å². The smallest absolute Gasteiger partial charge is 0.270 e. The van der Waals surface area contributed by atoms with Gasteiger partial charge in [-0.3, -0.25) is 19.3 Å². The van der Waals surface area contributed by atoms with Crippen molar-refractivity contribution in [2.45, 2.75) is 32.6 Å². The quantitative estimate of drug-likeness (QED) is 0.557. The second kappa shape index (κ2) is 7.85. The van der Waals surface area contributed by atoms with Gasteiger partial charge in [-0.15, -0.1) is 5.10 Å². The molecule has 0 amide bonds. The summed E-state index contributed by atoms with van der Waals surface area (Å²) in [7, 11) is 3.28. The van der Waals surface area contributed by atoms with Crippen molar-refractivity contribution in [3.8, 4) is 5.88 Å². The summed E-state index contributed by atoms with van der Waals surface area (Å²) < 4.78 is 8.62. The first kappa shape index (κ1) is 20.0. The van der Waals surface area contributed by atoms with Gasteiger partial charge < -0.3 is 4.74 Å². The lowest BCUT2D eigenvalue weighted by molar-refractivity contribution is 0.0983. The lowest BCUT2D eigenvalue weighted by atomic mass is 10.1. The number of ether oxygens (including phenoxy) is 1. The number of carbonyl (C=O) groups excluding carboxylic acids is 1. The molecule has 0 N–H and O–H groups in total. The highest BCUT2D eigenvalue weighted by atomic mass is 16.5. The normalized spacial score (nSPS) is 17.7. The van der Waals surface area contributed by atoms with Gasteiger partial charge in [0.05, 0.1) is 12.3 Å². The van der Waals surface area contributed by atoms with Crippen LogP contribution in [0.5, 0.6) is 5.88 Å². The van der Waals surface area contributed by atoms with Crippen molar-refractivity contribution in [2.75, 3.05) is 6.61 Å². The maximum atomic E-state index is 12.6. The number of hydrogen-bond donors (Lipinski definition) is 0. The van der Waals surface area contributed by atoms with Gasteiger partial charge in [0.2, 0.25) is 5.88 Å². The zero-order valence-corrected chi connectivity index (χ0v) is 17.6. The van der Waals surface area contributed by atoms with Gasteiger partial charge in [-0.2, -0.15) is 5.10 Å². The Morgan fingerprint density at radius 1 is 1.17 bits per heavy atom. The van der Waals surface area contributed by atoms with Crippen LogP contribution in [-0.4, -0.2) is 36.9 Å². The molecule has 1 fully saturated rings. The predicted molar refractivity (Wildman–Crippen MR) is 111 cm³/mol. The van der Waals surface area contributed by atoms with Crippen molar-refractivity contribution in [3.05, 3.63) is 69.0 Å². The summed E-state index contributed by atoms with van der Waals surface area (Å²) in [5, 5.41) is 8.38. The minimum Gasteiger partial charge on any atom is -0.476 e. The molecule has 0 unspecified atom stereocenters. The third-order valence-corrected chi connectivity index (χ3v) is 5.44. The van der Waals surface area contributed by atoms with Crippen molar-refractivity contribution in [1.29, 1.82) is 0 Å². The van der Waals surface area contributed by atoms with Crippen LogP contribution in [-0.2, 0) is 20.5 Å². The first-order valence-corrected chi connectivity index (χ1v) is 9.98. The molecular weight excluding hydrogens is 382 g/mol. The molecule has 30 heavy (non-hydrogen) atoms. The lowest BCUT2D eigenvalue weighted by Gasteiger charge is -2.09. The van der Waals surface area contributed by atoms with Crippen LogP contribution in [0.3, 0.4) is 0 Å². The van der Waals surface area contributed by atoms with Gasteiger partial charge in [0, 0.05) is 55.9 Å². The molecule has 156 valence electrons. The molecule has 3 heterocycles. The van der Waals surface area contributed by atoms with Gasteiger partial charge in [0.25, 0.3) is 5.56 Å². The average molecular weight is 407 g/mol. The van der Waals surface area contributed by atoms with E-state index in [0.29, 0.717) is 35.6 Å². The summed E-state index contributed by atoms with van der Waals surface area (Å²) in [5.41, 5.74) is 3.52. The Bertz CT molecular complexity index is 1150. The summed E-state index contributed by atoms with van der Waals surface area (Å²) in [6.07, 6.45) is 2.88. The van der Waals surface area contributed by atoms with Crippen LogP contribution >= 0.6 is 0 Å². The molecule has 4 rings (SSSR count). The Labute approximate surface area is 174 Å². The number of aromatic nitrogens is 5. The number of aryl methyl sites for hydroxylation is 4. The average Bonchev–Trinajstić information content (AvgIpc) is 3.40. The van der Waals surface area contributed by atoms with Crippen LogP contribution in [0, 0.1) is 19.8 Å². The molecule has 3 aromatic rings. The standard InChI is InChI=1S/C22H25N5O3/c1-13-5-6-18(23-11-13)17-8-16(17)12-30-21-10-15(22(29)27(4)25-21)9-20(28)19-7-14(2)24-26(19)3/h5-7,10-11,16-17H,8-9,12H2,1-4H3/t16-,17+/m1/s1. The zero-order chi connectivity index (χ0) is 21.4. The summed E-state index contributed by atoms with van der Waals surface area (Å²) in [5.74, 6) is 0.956. The van der Waals surface area contributed by atoms with Crippen molar-refractivity contribution in [2.24, 2.45) is 20.0 Å². The Morgan fingerprint density at radius 2 is 1.97 bits per heavy atom. The van der Waals surface area contributed by atoms with Crippen LogP contribution in [0.4, 0.5) is 0 Å². The van der Waals surface area contributed by atoms with E-state index in [-0.39, 0.29) is 17.8 Å². The van der Waals surface area contributed by atoms with Crippen molar-refractivity contribution >= 4 is 5.78 Å². The van der Waals surface area contributed by atoms with Gasteiger partial charge in [-0.05, 0) is 38.0 Å².